The molecule has 2 rings (SSSR count). The van der Waals surface area contributed by atoms with E-state index in [1.165, 1.54) is 0 Å². The average Bonchev–Trinajstić information content (AvgIpc) is 2.26. The number of pyridine rings is 1. The third-order valence-electron chi connectivity index (χ3n) is 2.27. The van der Waals surface area contributed by atoms with E-state index in [1.54, 1.807) is 0 Å². The second kappa shape index (κ2) is 4.30. The smallest absolute Gasteiger partial charge is 0.120 e. The van der Waals surface area contributed by atoms with Gasteiger partial charge in [0.25, 0.3) is 0 Å². The van der Waals surface area contributed by atoms with Crippen molar-refractivity contribution in [2.24, 2.45) is 0 Å². The second-order valence-corrected chi connectivity index (χ2v) is 3.66. The highest BCUT2D eigenvalue weighted by Crippen LogP contribution is 2.19. The lowest BCUT2D eigenvalue weighted by Crippen LogP contribution is -1.94. The third kappa shape index (κ3) is 2.27. The summed E-state index contributed by atoms with van der Waals surface area (Å²) in [6, 6.07) is 10.1. The summed E-state index contributed by atoms with van der Waals surface area (Å²) in [6.45, 7) is 4.87. The molecule has 1 aromatic heterocycles. The van der Waals surface area contributed by atoms with E-state index >= 15 is 0 Å². The molecule has 0 aliphatic carbocycles. The summed E-state index contributed by atoms with van der Waals surface area (Å²) in [6.07, 6.45) is 1.03. The lowest BCUT2D eigenvalue weighted by molar-refractivity contribution is 0.318. The van der Waals surface area contributed by atoms with Gasteiger partial charge in [0.2, 0.25) is 0 Å². The summed E-state index contributed by atoms with van der Waals surface area (Å²) in [7, 11) is 0. The molecule has 15 heavy (non-hydrogen) atoms. The Bertz CT molecular complexity index is 465. The van der Waals surface area contributed by atoms with Crippen LogP contribution >= 0.6 is 0 Å². The van der Waals surface area contributed by atoms with E-state index in [2.05, 4.69) is 18.0 Å². The van der Waals surface area contributed by atoms with Crippen LogP contribution in [0.25, 0.3) is 10.9 Å². The predicted octanol–water partition coefficient (Wildman–Crippen LogP) is 3.33. The summed E-state index contributed by atoms with van der Waals surface area (Å²) in [5.41, 5.74) is 2.07. The van der Waals surface area contributed by atoms with Crippen LogP contribution in [-0.2, 0) is 0 Å². The molecule has 0 saturated heterocycles. The van der Waals surface area contributed by atoms with Crippen molar-refractivity contribution in [3.63, 3.8) is 0 Å². The molecule has 0 spiro atoms. The van der Waals surface area contributed by atoms with Gasteiger partial charge in [-0.1, -0.05) is 13.0 Å². The van der Waals surface area contributed by atoms with Gasteiger partial charge in [0.15, 0.2) is 0 Å². The molecule has 1 heterocycles. The fourth-order valence-corrected chi connectivity index (χ4v) is 1.52. The van der Waals surface area contributed by atoms with E-state index in [0.29, 0.717) is 0 Å². The van der Waals surface area contributed by atoms with Crippen LogP contribution in [0.4, 0.5) is 0 Å². The Labute approximate surface area is 89.9 Å². The molecule has 0 fully saturated rings. The van der Waals surface area contributed by atoms with Gasteiger partial charge in [-0.15, -0.1) is 0 Å². The molecule has 78 valence electrons. The van der Waals surface area contributed by atoms with E-state index in [4.69, 9.17) is 4.74 Å². The van der Waals surface area contributed by atoms with E-state index < -0.39 is 0 Å². The molecular formula is C13H15NO. The van der Waals surface area contributed by atoms with Crippen LogP contribution in [0.5, 0.6) is 5.75 Å². The minimum absolute atomic E-state index is 0.769. The third-order valence-corrected chi connectivity index (χ3v) is 2.27. The molecule has 2 heteroatoms. The van der Waals surface area contributed by atoms with E-state index in [-0.39, 0.29) is 0 Å². The van der Waals surface area contributed by atoms with Crippen molar-refractivity contribution in [2.45, 2.75) is 20.3 Å². The molecule has 0 aliphatic rings. The summed E-state index contributed by atoms with van der Waals surface area (Å²) in [5.74, 6) is 0.926. The Morgan fingerprint density at radius 1 is 1.20 bits per heavy atom. The molecule has 0 aliphatic heterocycles. The van der Waals surface area contributed by atoms with Crippen LogP contribution in [-0.4, -0.2) is 11.6 Å². The molecule has 1 aromatic carbocycles. The van der Waals surface area contributed by atoms with Gasteiger partial charge in [-0.2, -0.15) is 0 Å². The molecule has 2 nitrogen and oxygen atoms in total. The minimum atomic E-state index is 0.769. The molecule has 0 N–H and O–H groups in total. The molecular weight excluding hydrogens is 186 g/mol. The van der Waals surface area contributed by atoms with Crippen LogP contribution < -0.4 is 4.74 Å². The van der Waals surface area contributed by atoms with Crippen LogP contribution in [0.15, 0.2) is 30.3 Å². The van der Waals surface area contributed by atoms with Crippen molar-refractivity contribution >= 4 is 10.9 Å². The van der Waals surface area contributed by atoms with Crippen molar-refractivity contribution in [1.82, 2.24) is 4.98 Å². The number of benzene rings is 1. The predicted molar refractivity (Wildman–Crippen MR) is 62.3 cm³/mol. The van der Waals surface area contributed by atoms with Gasteiger partial charge in [-0.05, 0) is 37.6 Å². The molecule has 0 bridgehead atoms. The van der Waals surface area contributed by atoms with Crippen LogP contribution in [0, 0.1) is 6.92 Å². The molecule has 0 saturated carbocycles. The Kier molecular flexibility index (Phi) is 2.86. The zero-order chi connectivity index (χ0) is 10.7. The van der Waals surface area contributed by atoms with Crippen LogP contribution in [0.3, 0.4) is 0 Å². The maximum atomic E-state index is 5.57. The van der Waals surface area contributed by atoms with Gasteiger partial charge in [-0.3, -0.25) is 4.98 Å². The average molecular weight is 201 g/mol. The SMILES string of the molecule is CCCOc1ccc2nc(C)ccc2c1. The number of rotatable bonds is 3. The zero-order valence-corrected chi connectivity index (χ0v) is 9.16. The van der Waals surface area contributed by atoms with Crippen LogP contribution in [0.2, 0.25) is 0 Å². The fourth-order valence-electron chi connectivity index (χ4n) is 1.52. The quantitative estimate of drug-likeness (QED) is 0.759. The number of fused-ring (bicyclic) bond motifs is 1. The highest BCUT2D eigenvalue weighted by Gasteiger charge is 1.98. The standard InChI is InChI=1S/C13H15NO/c1-3-8-15-12-6-7-13-11(9-12)5-4-10(2)14-13/h4-7,9H,3,8H2,1-2H3. The monoisotopic (exact) mass is 201 g/mol. The first-order valence-electron chi connectivity index (χ1n) is 5.30. The van der Waals surface area contributed by atoms with Gasteiger partial charge < -0.3 is 4.74 Å². The molecule has 0 amide bonds. The Morgan fingerprint density at radius 2 is 2.07 bits per heavy atom. The van der Waals surface area contributed by atoms with E-state index in [0.717, 1.165) is 35.4 Å². The Morgan fingerprint density at radius 3 is 2.87 bits per heavy atom. The normalized spacial score (nSPS) is 10.5. The van der Waals surface area contributed by atoms with Gasteiger partial charge in [-0.25, -0.2) is 0 Å². The maximum Gasteiger partial charge on any atom is 0.120 e. The number of aromatic nitrogens is 1. The Hall–Kier alpha value is -1.57. The van der Waals surface area contributed by atoms with Crippen molar-refractivity contribution in [3.05, 3.63) is 36.0 Å². The first kappa shape index (κ1) is 9.97. The first-order chi connectivity index (χ1) is 7.29. The van der Waals surface area contributed by atoms with Crippen LogP contribution in [0.1, 0.15) is 19.0 Å². The Balaban J connectivity index is 2.34. The molecule has 0 unspecified atom stereocenters. The van der Waals surface area contributed by atoms with Gasteiger partial charge in [0.05, 0.1) is 12.1 Å². The molecule has 2 aromatic rings. The maximum absolute atomic E-state index is 5.57. The summed E-state index contributed by atoms with van der Waals surface area (Å²) >= 11 is 0. The molecule has 0 radical (unpaired) electrons. The van der Waals surface area contributed by atoms with Crippen molar-refractivity contribution in [2.75, 3.05) is 6.61 Å². The number of hydrogen-bond donors (Lipinski definition) is 0. The topological polar surface area (TPSA) is 22.1 Å². The van der Waals surface area contributed by atoms with Crippen molar-refractivity contribution < 1.29 is 4.74 Å². The zero-order valence-electron chi connectivity index (χ0n) is 9.16. The van der Waals surface area contributed by atoms with Crippen molar-refractivity contribution in [3.8, 4) is 5.75 Å². The van der Waals surface area contributed by atoms with Gasteiger partial charge in [0.1, 0.15) is 5.75 Å². The number of ether oxygens (including phenoxy) is 1. The second-order valence-electron chi connectivity index (χ2n) is 3.66. The summed E-state index contributed by atoms with van der Waals surface area (Å²) in [5, 5.41) is 1.13. The van der Waals surface area contributed by atoms with Gasteiger partial charge in [0, 0.05) is 11.1 Å². The highest BCUT2D eigenvalue weighted by atomic mass is 16.5. The number of nitrogens with zero attached hydrogens (tertiary/aromatic N) is 1. The largest absolute Gasteiger partial charge is 0.494 e. The van der Waals surface area contributed by atoms with Gasteiger partial charge >= 0.3 is 0 Å². The fraction of sp³-hybridized carbons (Fsp3) is 0.308. The number of hydrogen-bond acceptors (Lipinski definition) is 2. The summed E-state index contributed by atoms with van der Waals surface area (Å²) in [4.78, 5) is 4.44. The highest BCUT2D eigenvalue weighted by molar-refractivity contribution is 5.80. The molecule has 0 atom stereocenters. The van der Waals surface area contributed by atoms with E-state index in [1.807, 2.05) is 31.2 Å². The lowest BCUT2D eigenvalue weighted by Gasteiger charge is -2.05. The first-order valence-corrected chi connectivity index (χ1v) is 5.30. The summed E-state index contributed by atoms with van der Waals surface area (Å²) < 4.78 is 5.57. The van der Waals surface area contributed by atoms with Crippen molar-refractivity contribution in [1.29, 1.82) is 0 Å². The number of aryl methyl sites for hydroxylation is 1. The lowest BCUT2D eigenvalue weighted by atomic mass is 10.2. The van der Waals surface area contributed by atoms with E-state index in [9.17, 15) is 0 Å². The minimum Gasteiger partial charge on any atom is -0.494 e.